The van der Waals surface area contributed by atoms with Crippen LogP contribution in [0.25, 0.3) is 0 Å². The predicted octanol–water partition coefficient (Wildman–Crippen LogP) is 5.50. The van der Waals surface area contributed by atoms with Crippen LogP contribution in [0, 0.1) is 12.7 Å². The Balaban J connectivity index is 1.63. The number of anilines is 1. The van der Waals surface area contributed by atoms with Crippen molar-refractivity contribution < 1.29 is 14.0 Å². The Morgan fingerprint density at radius 1 is 1.00 bits per heavy atom. The molecule has 0 aliphatic carbocycles. The number of amides is 2. The van der Waals surface area contributed by atoms with Gasteiger partial charge >= 0.3 is 0 Å². The molecule has 2 aliphatic rings. The minimum atomic E-state index is -1.16. The topological polar surface area (TPSA) is 40.6 Å². The van der Waals surface area contributed by atoms with Gasteiger partial charge in [0.2, 0.25) is 0 Å². The minimum Gasteiger partial charge on any atom is -0.310 e. The summed E-state index contributed by atoms with van der Waals surface area (Å²) in [6.45, 7) is 6.99. The fraction of sp³-hybridized carbons (Fsp3) is 0.259. The van der Waals surface area contributed by atoms with E-state index in [1.807, 2.05) is 55.5 Å². The fourth-order valence-corrected chi connectivity index (χ4v) is 6.55. The van der Waals surface area contributed by atoms with Gasteiger partial charge < -0.3 is 9.80 Å². The summed E-state index contributed by atoms with van der Waals surface area (Å²) in [5, 5.41) is 0. The normalized spacial score (nSPS) is 21.0. The van der Waals surface area contributed by atoms with Gasteiger partial charge in [-0.15, -0.1) is 11.8 Å². The second-order valence-electron chi connectivity index (χ2n) is 9.24. The molecular weight excluding hydrogens is 435 g/mol. The van der Waals surface area contributed by atoms with Crippen LogP contribution in [0.3, 0.4) is 0 Å². The van der Waals surface area contributed by atoms with Crippen LogP contribution in [0.4, 0.5) is 10.1 Å². The van der Waals surface area contributed by atoms with Crippen molar-refractivity contribution in [1.82, 2.24) is 4.90 Å². The van der Waals surface area contributed by atoms with Crippen molar-refractivity contribution in [3.05, 3.63) is 101 Å². The summed E-state index contributed by atoms with van der Waals surface area (Å²) in [4.78, 5) is 30.3. The van der Waals surface area contributed by atoms with Crippen molar-refractivity contribution in [2.24, 2.45) is 0 Å². The lowest BCUT2D eigenvalue weighted by molar-refractivity contribution is -0.123. The van der Waals surface area contributed by atoms with Crippen LogP contribution in [-0.2, 0) is 16.2 Å². The molecule has 5 rings (SSSR count). The third kappa shape index (κ3) is 3.44. The molecule has 1 spiro atoms. The molecule has 6 heteroatoms. The van der Waals surface area contributed by atoms with E-state index >= 15 is 0 Å². The number of hydrogen-bond acceptors (Lipinski definition) is 3. The van der Waals surface area contributed by atoms with Gasteiger partial charge in [-0.3, -0.25) is 9.59 Å². The Labute approximate surface area is 197 Å². The van der Waals surface area contributed by atoms with E-state index in [-0.39, 0.29) is 16.6 Å². The summed E-state index contributed by atoms with van der Waals surface area (Å²) in [5.74, 6) is -0.781. The maximum atomic E-state index is 14.2. The van der Waals surface area contributed by atoms with E-state index in [9.17, 15) is 14.0 Å². The Morgan fingerprint density at radius 2 is 1.67 bits per heavy atom. The summed E-state index contributed by atoms with van der Waals surface area (Å²) in [6, 6.07) is 21.3. The van der Waals surface area contributed by atoms with Gasteiger partial charge in [-0.25, -0.2) is 4.39 Å². The number of fused-ring (bicyclic) bond motifs is 2. The molecule has 0 saturated carbocycles. The summed E-state index contributed by atoms with van der Waals surface area (Å²) in [6.07, 6.45) is 0. The van der Waals surface area contributed by atoms with Crippen LogP contribution < -0.4 is 4.90 Å². The fourth-order valence-electron chi connectivity index (χ4n) is 4.82. The van der Waals surface area contributed by atoms with E-state index in [4.69, 9.17) is 0 Å². The molecule has 2 amide bonds. The third-order valence-corrected chi connectivity index (χ3v) is 7.96. The number of halogens is 1. The van der Waals surface area contributed by atoms with Crippen molar-refractivity contribution in [2.45, 2.75) is 36.9 Å². The Hall–Kier alpha value is -3.12. The maximum Gasteiger partial charge on any atom is 0.268 e. The van der Waals surface area contributed by atoms with Gasteiger partial charge in [0.05, 0.1) is 12.2 Å². The van der Waals surface area contributed by atoms with Crippen LogP contribution in [0.15, 0.2) is 72.8 Å². The molecule has 0 radical (unpaired) electrons. The van der Waals surface area contributed by atoms with E-state index in [0.29, 0.717) is 18.7 Å². The summed E-state index contributed by atoms with van der Waals surface area (Å²) >= 11 is 1.52. The molecule has 3 aromatic rings. The highest BCUT2D eigenvalue weighted by atomic mass is 32.2. The van der Waals surface area contributed by atoms with Gasteiger partial charge in [0.25, 0.3) is 11.8 Å². The van der Waals surface area contributed by atoms with Crippen molar-refractivity contribution in [2.75, 3.05) is 11.4 Å². The molecule has 0 aromatic heterocycles. The van der Waals surface area contributed by atoms with Crippen LogP contribution in [0.5, 0.6) is 0 Å². The number of hydrogen-bond donors (Lipinski definition) is 0. The number of aryl methyl sites for hydroxylation is 1. The molecule has 168 valence electrons. The molecule has 1 fully saturated rings. The molecule has 4 nitrogen and oxygen atoms in total. The second kappa shape index (κ2) is 7.73. The number of thioether (sulfide) groups is 1. The molecule has 3 aromatic carbocycles. The summed E-state index contributed by atoms with van der Waals surface area (Å²) < 4.78 is 13.2. The first-order valence-corrected chi connectivity index (χ1v) is 11.8. The first-order chi connectivity index (χ1) is 15.7. The molecule has 0 N–H and O–H groups in total. The highest BCUT2D eigenvalue weighted by molar-refractivity contribution is 8.02. The van der Waals surface area contributed by atoms with Gasteiger partial charge in [0.15, 0.2) is 4.87 Å². The van der Waals surface area contributed by atoms with E-state index in [1.165, 1.54) is 36.0 Å². The first-order valence-electron chi connectivity index (χ1n) is 11.0. The summed E-state index contributed by atoms with van der Waals surface area (Å²) in [5.41, 5.74) is 4.21. The van der Waals surface area contributed by atoms with Gasteiger partial charge in [-0.2, -0.15) is 0 Å². The Morgan fingerprint density at radius 3 is 2.39 bits per heavy atom. The van der Waals surface area contributed by atoms with Crippen LogP contribution >= 0.6 is 11.8 Å². The van der Waals surface area contributed by atoms with Crippen LogP contribution in [0.1, 0.15) is 40.9 Å². The number of para-hydroxylation sites is 1. The zero-order valence-corrected chi connectivity index (χ0v) is 19.7. The van der Waals surface area contributed by atoms with E-state index in [0.717, 1.165) is 22.4 Å². The smallest absolute Gasteiger partial charge is 0.268 e. The number of nitrogens with zero attached hydrogens (tertiary/aromatic N) is 2. The lowest BCUT2D eigenvalue weighted by atomic mass is 10.0. The highest BCUT2D eigenvalue weighted by Gasteiger charge is 2.63. The van der Waals surface area contributed by atoms with Gasteiger partial charge in [-0.05, 0) is 62.2 Å². The number of carbonyl (C=O) groups excluding carboxylic acids is 2. The lowest BCUT2D eigenvalue weighted by Crippen LogP contribution is -2.50. The Bertz CT molecular complexity index is 1260. The standard InChI is InChI=1S/C27H25FN2O2S/c1-18-8-4-5-9-20(18)16-29-23-11-7-6-10-22(23)27(25(29)32)30(17-26(2,3)33-27)24(31)19-12-14-21(28)15-13-19/h4-15H,16-17H2,1-3H3/t27-/m1/s1. The van der Waals surface area contributed by atoms with E-state index in [2.05, 4.69) is 13.8 Å². The maximum absolute atomic E-state index is 14.2. The molecule has 1 saturated heterocycles. The van der Waals surface area contributed by atoms with Crippen LogP contribution in [-0.4, -0.2) is 28.0 Å². The quantitative estimate of drug-likeness (QED) is 0.518. The average molecular weight is 461 g/mol. The molecule has 33 heavy (non-hydrogen) atoms. The number of carbonyl (C=O) groups is 2. The predicted molar refractivity (Wildman–Crippen MR) is 130 cm³/mol. The largest absolute Gasteiger partial charge is 0.310 e. The van der Waals surface area contributed by atoms with E-state index in [1.54, 1.807) is 9.80 Å². The van der Waals surface area contributed by atoms with Gasteiger partial charge in [0.1, 0.15) is 5.82 Å². The van der Waals surface area contributed by atoms with E-state index < -0.39 is 10.7 Å². The van der Waals surface area contributed by atoms with Crippen LogP contribution in [0.2, 0.25) is 0 Å². The zero-order chi connectivity index (χ0) is 23.4. The molecular formula is C27H25FN2O2S. The van der Waals surface area contributed by atoms with Gasteiger partial charge in [0, 0.05) is 22.4 Å². The van der Waals surface area contributed by atoms with Crippen molar-refractivity contribution in [3.8, 4) is 0 Å². The van der Waals surface area contributed by atoms with Crippen molar-refractivity contribution >= 4 is 29.3 Å². The molecule has 0 bridgehead atoms. The van der Waals surface area contributed by atoms with Crippen molar-refractivity contribution in [1.29, 1.82) is 0 Å². The Kier molecular flexibility index (Phi) is 5.09. The molecule has 0 unspecified atom stereocenters. The highest BCUT2D eigenvalue weighted by Crippen LogP contribution is 2.60. The SMILES string of the molecule is Cc1ccccc1CN1C(=O)[C@]2(SC(C)(C)CN2C(=O)c2ccc(F)cc2)c2ccccc21. The molecule has 1 atom stereocenters. The van der Waals surface area contributed by atoms with Crippen molar-refractivity contribution in [3.63, 3.8) is 0 Å². The second-order valence-corrected chi connectivity index (χ2v) is 11.1. The third-order valence-electron chi connectivity index (χ3n) is 6.36. The summed E-state index contributed by atoms with van der Waals surface area (Å²) in [7, 11) is 0. The van der Waals surface area contributed by atoms with Gasteiger partial charge in [-0.1, -0.05) is 42.5 Å². The monoisotopic (exact) mass is 460 g/mol. The number of benzene rings is 3. The average Bonchev–Trinajstić information content (AvgIpc) is 3.21. The lowest BCUT2D eigenvalue weighted by Gasteiger charge is -2.33. The minimum absolute atomic E-state index is 0.113. The number of rotatable bonds is 3. The first kappa shape index (κ1) is 21.7. The molecule has 2 heterocycles. The zero-order valence-electron chi connectivity index (χ0n) is 18.8. The molecule has 2 aliphatic heterocycles.